The largest absolute Gasteiger partial charge is 0.454 e. The lowest BCUT2D eigenvalue weighted by molar-refractivity contribution is 0.173. The van der Waals surface area contributed by atoms with E-state index in [0.717, 1.165) is 36.9 Å². The predicted molar refractivity (Wildman–Crippen MR) is 72.6 cm³/mol. The maximum absolute atomic E-state index is 5.49. The summed E-state index contributed by atoms with van der Waals surface area (Å²) in [5, 5.41) is 3.41. The molecule has 3 rings (SSSR count). The highest BCUT2D eigenvalue weighted by Gasteiger charge is 2.20. The van der Waals surface area contributed by atoms with Gasteiger partial charge in [0.15, 0.2) is 11.5 Å². The number of hydrogen-bond donors (Lipinski definition) is 1. The van der Waals surface area contributed by atoms with Crippen LogP contribution in [0.15, 0.2) is 12.1 Å². The Bertz CT molecular complexity index is 441. The van der Waals surface area contributed by atoms with Crippen LogP contribution in [0.3, 0.4) is 0 Å². The van der Waals surface area contributed by atoms with Gasteiger partial charge in [0, 0.05) is 7.11 Å². The molecular formula is C15H21NO3. The lowest BCUT2D eigenvalue weighted by Crippen LogP contribution is -2.28. The molecule has 0 radical (unpaired) electrons. The van der Waals surface area contributed by atoms with E-state index < -0.39 is 0 Å². The summed E-state index contributed by atoms with van der Waals surface area (Å²) >= 11 is 0. The lowest BCUT2D eigenvalue weighted by atomic mass is 9.89. The summed E-state index contributed by atoms with van der Waals surface area (Å²) in [6, 6.07) is 4.21. The molecule has 1 saturated heterocycles. The van der Waals surface area contributed by atoms with Gasteiger partial charge in [-0.25, -0.2) is 0 Å². The lowest BCUT2D eigenvalue weighted by Gasteiger charge is -2.23. The van der Waals surface area contributed by atoms with E-state index >= 15 is 0 Å². The third-order valence-corrected chi connectivity index (χ3v) is 3.96. The van der Waals surface area contributed by atoms with Crippen molar-refractivity contribution in [3.05, 3.63) is 23.3 Å². The topological polar surface area (TPSA) is 39.7 Å². The van der Waals surface area contributed by atoms with Crippen LogP contribution < -0.4 is 14.8 Å². The maximum Gasteiger partial charge on any atom is 0.231 e. The zero-order valence-corrected chi connectivity index (χ0v) is 11.4. The summed E-state index contributed by atoms with van der Waals surface area (Å²) < 4.78 is 16.2. The standard InChI is InChI=1S/C15H21NO3/c1-17-9-13-8-15-14(18-10-19-15)7-12(13)6-11-2-4-16-5-3-11/h7-8,11,16H,2-6,9-10H2,1H3. The van der Waals surface area contributed by atoms with E-state index in [4.69, 9.17) is 14.2 Å². The van der Waals surface area contributed by atoms with E-state index in [-0.39, 0.29) is 0 Å². The Hall–Kier alpha value is -1.26. The molecule has 1 aromatic carbocycles. The zero-order chi connectivity index (χ0) is 13.1. The van der Waals surface area contributed by atoms with E-state index in [1.54, 1.807) is 7.11 Å². The Kier molecular flexibility index (Phi) is 3.89. The van der Waals surface area contributed by atoms with Crippen LogP contribution in [-0.2, 0) is 17.8 Å². The number of rotatable bonds is 4. The Labute approximate surface area is 114 Å². The Morgan fingerprint density at radius 3 is 2.53 bits per heavy atom. The average molecular weight is 263 g/mol. The van der Waals surface area contributed by atoms with Crippen molar-refractivity contribution in [1.82, 2.24) is 5.32 Å². The van der Waals surface area contributed by atoms with Crippen molar-refractivity contribution in [3.63, 3.8) is 0 Å². The van der Waals surface area contributed by atoms with Gasteiger partial charge in [-0.05, 0) is 61.5 Å². The first-order valence-electron chi connectivity index (χ1n) is 6.98. The van der Waals surface area contributed by atoms with Gasteiger partial charge in [-0.3, -0.25) is 0 Å². The first kappa shape index (κ1) is 12.8. The molecule has 104 valence electrons. The first-order valence-corrected chi connectivity index (χ1v) is 6.98. The van der Waals surface area contributed by atoms with E-state index in [9.17, 15) is 0 Å². The molecular weight excluding hydrogens is 242 g/mol. The van der Waals surface area contributed by atoms with Gasteiger partial charge in [0.1, 0.15) is 0 Å². The Morgan fingerprint density at radius 2 is 1.84 bits per heavy atom. The van der Waals surface area contributed by atoms with E-state index in [0.29, 0.717) is 13.4 Å². The van der Waals surface area contributed by atoms with Crippen LogP contribution in [0.2, 0.25) is 0 Å². The van der Waals surface area contributed by atoms with Crippen LogP contribution in [-0.4, -0.2) is 27.0 Å². The summed E-state index contributed by atoms with van der Waals surface area (Å²) in [7, 11) is 1.74. The highest BCUT2D eigenvalue weighted by Crippen LogP contribution is 2.36. The molecule has 0 saturated carbocycles. The normalized spacial score (nSPS) is 18.8. The number of hydrogen-bond acceptors (Lipinski definition) is 4. The predicted octanol–water partition coefficient (Wildman–Crippen LogP) is 2.10. The molecule has 0 unspecified atom stereocenters. The third kappa shape index (κ3) is 2.85. The Balaban J connectivity index is 1.81. The monoisotopic (exact) mass is 263 g/mol. The fourth-order valence-electron chi connectivity index (χ4n) is 2.90. The van der Waals surface area contributed by atoms with Gasteiger partial charge in [-0.15, -0.1) is 0 Å². The van der Waals surface area contributed by atoms with E-state index in [1.165, 1.54) is 24.0 Å². The molecule has 1 aromatic rings. The van der Waals surface area contributed by atoms with Crippen molar-refractivity contribution >= 4 is 0 Å². The van der Waals surface area contributed by atoms with Gasteiger partial charge >= 0.3 is 0 Å². The highest BCUT2D eigenvalue weighted by molar-refractivity contribution is 5.48. The fraction of sp³-hybridized carbons (Fsp3) is 0.600. The van der Waals surface area contributed by atoms with Crippen molar-refractivity contribution in [2.75, 3.05) is 27.0 Å². The molecule has 1 fully saturated rings. The van der Waals surface area contributed by atoms with Crippen molar-refractivity contribution in [2.24, 2.45) is 5.92 Å². The van der Waals surface area contributed by atoms with Crippen molar-refractivity contribution in [3.8, 4) is 11.5 Å². The molecule has 0 aromatic heterocycles. The van der Waals surface area contributed by atoms with Crippen LogP contribution in [0, 0.1) is 5.92 Å². The van der Waals surface area contributed by atoms with Crippen molar-refractivity contribution in [2.45, 2.75) is 25.9 Å². The van der Waals surface area contributed by atoms with Crippen LogP contribution >= 0.6 is 0 Å². The third-order valence-electron chi connectivity index (χ3n) is 3.96. The minimum Gasteiger partial charge on any atom is -0.454 e. The van der Waals surface area contributed by atoms with Crippen molar-refractivity contribution < 1.29 is 14.2 Å². The van der Waals surface area contributed by atoms with Gasteiger partial charge in [-0.1, -0.05) is 0 Å². The minimum atomic E-state index is 0.332. The Morgan fingerprint density at radius 1 is 1.16 bits per heavy atom. The number of piperidine rings is 1. The van der Waals surface area contributed by atoms with Gasteiger partial charge in [-0.2, -0.15) is 0 Å². The molecule has 1 N–H and O–H groups in total. The van der Waals surface area contributed by atoms with E-state index in [1.807, 2.05) is 0 Å². The molecule has 0 atom stereocenters. The van der Waals surface area contributed by atoms with Gasteiger partial charge in [0.25, 0.3) is 0 Å². The van der Waals surface area contributed by atoms with Crippen LogP contribution in [0.1, 0.15) is 24.0 Å². The van der Waals surface area contributed by atoms with Crippen LogP contribution in [0.5, 0.6) is 11.5 Å². The van der Waals surface area contributed by atoms with Gasteiger partial charge in [0.05, 0.1) is 6.61 Å². The molecule has 0 aliphatic carbocycles. The quantitative estimate of drug-likeness (QED) is 0.903. The number of methoxy groups -OCH3 is 1. The second-order valence-corrected chi connectivity index (χ2v) is 5.30. The van der Waals surface area contributed by atoms with E-state index in [2.05, 4.69) is 17.4 Å². The average Bonchev–Trinajstić information content (AvgIpc) is 2.88. The molecule has 4 nitrogen and oxygen atoms in total. The summed E-state index contributed by atoms with van der Waals surface area (Å²) in [4.78, 5) is 0. The molecule has 2 aliphatic rings. The van der Waals surface area contributed by atoms with Gasteiger partial charge < -0.3 is 19.5 Å². The summed E-state index contributed by atoms with van der Waals surface area (Å²) in [6.07, 6.45) is 3.61. The maximum atomic E-state index is 5.49. The molecule has 0 bridgehead atoms. The van der Waals surface area contributed by atoms with Crippen LogP contribution in [0.4, 0.5) is 0 Å². The molecule has 4 heteroatoms. The molecule has 2 heterocycles. The van der Waals surface area contributed by atoms with Gasteiger partial charge in [0.2, 0.25) is 6.79 Å². The SMILES string of the molecule is COCc1cc2c(cc1CC1CCNCC1)OCO2. The molecule has 0 spiro atoms. The molecule has 19 heavy (non-hydrogen) atoms. The number of benzene rings is 1. The summed E-state index contributed by atoms with van der Waals surface area (Å²) in [5.74, 6) is 2.49. The smallest absolute Gasteiger partial charge is 0.231 e. The zero-order valence-electron chi connectivity index (χ0n) is 11.4. The van der Waals surface area contributed by atoms with Crippen molar-refractivity contribution in [1.29, 1.82) is 0 Å². The molecule has 2 aliphatic heterocycles. The molecule has 0 amide bonds. The number of nitrogens with one attached hydrogen (secondary N) is 1. The second-order valence-electron chi connectivity index (χ2n) is 5.30. The number of ether oxygens (including phenoxy) is 3. The minimum absolute atomic E-state index is 0.332. The summed E-state index contributed by atoms with van der Waals surface area (Å²) in [5.41, 5.74) is 2.57. The number of fused-ring (bicyclic) bond motifs is 1. The first-order chi connectivity index (χ1) is 9.36. The highest BCUT2D eigenvalue weighted by atomic mass is 16.7. The summed E-state index contributed by atoms with van der Waals surface area (Å²) in [6.45, 7) is 3.24. The second kappa shape index (κ2) is 5.80. The fourth-order valence-corrected chi connectivity index (χ4v) is 2.90. The van der Waals surface area contributed by atoms with Crippen LogP contribution in [0.25, 0.3) is 0 Å².